The molecular formula is C16H19N3O. The molecule has 0 aliphatic heterocycles. The quantitative estimate of drug-likeness (QED) is 0.661. The average molecular weight is 269 g/mol. The van der Waals surface area contributed by atoms with Gasteiger partial charge in [0.25, 0.3) is 0 Å². The molecule has 0 spiro atoms. The molecule has 0 fully saturated rings. The summed E-state index contributed by atoms with van der Waals surface area (Å²) in [5.41, 5.74) is 6.34. The fraction of sp³-hybridized carbons (Fsp3) is 0.312. The number of rotatable bonds is 4. The molecule has 1 aliphatic carbocycles. The molecule has 20 heavy (non-hydrogen) atoms. The Morgan fingerprint density at radius 2 is 2.15 bits per heavy atom. The number of aryl methyl sites for hydroxylation is 1. The van der Waals surface area contributed by atoms with E-state index in [0.29, 0.717) is 12.4 Å². The van der Waals surface area contributed by atoms with E-state index < -0.39 is 0 Å². The molecule has 0 saturated carbocycles. The molecule has 4 nitrogen and oxygen atoms in total. The molecule has 104 valence electrons. The Morgan fingerprint density at radius 1 is 1.25 bits per heavy atom. The monoisotopic (exact) mass is 269 g/mol. The lowest BCUT2D eigenvalue weighted by molar-refractivity contribution is 0.0281. The molecule has 2 aromatic rings. The largest absolute Gasteiger partial charge is 0.369 e. The van der Waals surface area contributed by atoms with Crippen LogP contribution in [0.15, 0.2) is 42.6 Å². The van der Waals surface area contributed by atoms with Crippen molar-refractivity contribution in [1.82, 2.24) is 4.98 Å². The summed E-state index contributed by atoms with van der Waals surface area (Å²) in [6.45, 7) is 0.580. The number of nitrogens with zero attached hydrogens (tertiary/aromatic N) is 1. The van der Waals surface area contributed by atoms with E-state index in [0.717, 1.165) is 18.4 Å². The first-order valence-corrected chi connectivity index (χ1v) is 6.98. The second kappa shape index (κ2) is 6.03. The molecule has 4 heteroatoms. The molecule has 1 atom stereocenters. The standard InChI is InChI=1S/C16H19N3O/c17-19-16-9-8-12(10-18-16)11-20-15-7-3-5-13-4-1-2-6-14(13)15/h1-2,4,6,8-10,15H,3,5,7,11,17H2,(H,18,19). The Hall–Kier alpha value is -1.91. The van der Waals surface area contributed by atoms with E-state index in [1.54, 1.807) is 6.20 Å². The fourth-order valence-corrected chi connectivity index (χ4v) is 2.67. The number of aromatic nitrogens is 1. The number of hydrogen-bond donors (Lipinski definition) is 2. The van der Waals surface area contributed by atoms with Gasteiger partial charge in [-0.15, -0.1) is 0 Å². The summed E-state index contributed by atoms with van der Waals surface area (Å²) in [5.74, 6) is 5.96. The van der Waals surface area contributed by atoms with Crippen LogP contribution in [0.25, 0.3) is 0 Å². The van der Waals surface area contributed by atoms with Crippen molar-refractivity contribution in [3.05, 3.63) is 59.3 Å². The molecule has 0 bridgehead atoms. The van der Waals surface area contributed by atoms with Gasteiger partial charge in [-0.2, -0.15) is 0 Å². The smallest absolute Gasteiger partial charge is 0.139 e. The summed E-state index contributed by atoms with van der Waals surface area (Å²) < 4.78 is 6.08. The minimum atomic E-state index is 0.201. The van der Waals surface area contributed by atoms with Crippen LogP contribution in [0.1, 0.15) is 35.6 Å². The number of nitrogen functional groups attached to an aromatic ring is 1. The summed E-state index contributed by atoms with van der Waals surface area (Å²) in [7, 11) is 0. The van der Waals surface area contributed by atoms with E-state index in [2.05, 4.69) is 34.7 Å². The van der Waals surface area contributed by atoms with E-state index in [1.165, 1.54) is 17.5 Å². The van der Waals surface area contributed by atoms with E-state index >= 15 is 0 Å². The summed E-state index contributed by atoms with van der Waals surface area (Å²) >= 11 is 0. The van der Waals surface area contributed by atoms with Crippen molar-refractivity contribution in [2.75, 3.05) is 5.43 Å². The first-order valence-electron chi connectivity index (χ1n) is 6.98. The Labute approximate surface area is 119 Å². The van der Waals surface area contributed by atoms with Crippen LogP contribution in [-0.4, -0.2) is 4.98 Å². The first-order chi connectivity index (χ1) is 9.86. The van der Waals surface area contributed by atoms with Crippen LogP contribution in [-0.2, 0) is 17.8 Å². The van der Waals surface area contributed by atoms with Crippen molar-refractivity contribution in [2.45, 2.75) is 32.0 Å². The second-order valence-corrected chi connectivity index (χ2v) is 5.09. The minimum Gasteiger partial charge on any atom is -0.369 e. The highest BCUT2D eigenvalue weighted by molar-refractivity contribution is 5.34. The van der Waals surface area contributed by atoms with Gasteiger partial charge >= 0.3 is 0 Å². The molecule has 0 amide bonds. The molecule has 3 rings (SSSR count). The predicted molar refractivity (Wildman–Crippen MR) is 79.0 cm³/mol. The van der Waals surface area contributed by atoms with E-state index in [1.807, 2.05) is 12.1 Å². The van der Waals surface area contributed by atoms with Gasteiger partial charge in [0.2, 0.25) is 0 Å². The number of nitrogens with two attached hydrogens (primary N) is 1. The third kappa shape index (κ3) is 2.81. The van der Waals surface area contributed by atoms with Crippen molar-refractivity contribution in [2.24, 2.45) is 5.84 Å². The molecule has 1 aliphatic rings. The molecule has 0 saturated heterocycles. The molecule has 0 radical (unpaired) electrons. The summed E-state index contributed by atoms with van der Waals surface area (Å²) in [4.78, 5) is 4.19. The van der Waals surface area contributed by atoms with Gasteiger partial charge in [-0.1, -0.05) is 30.3 Å². The summed E-state index contributed by atoms with van der Waals surface area (Å²) in [5, 5.41) is 0. The van der Waals surface area contributed by atoms with Gasteiger partial charge in [-0.05, 0) is 42.0 Å². The highest BCUT2D eigenvalue weighted by Crippen LogP contribution is 2.32. The fourth-order valence-electron chi connectivity index (χ4n) is 2.67. The number of benzene rings is 1. The van der Waals surface area contributed by atoms with Crippen LogP contribution >= 0.6 is 0 Å². The number of pyridine rings is 1. The Morgan fingerprint density at radius 3 is 2.95 bits per heavy atom. The highest BCUT2D eigenvalue weighted by Gasteiger charge is 2.20. The SMILES string of the molecule is NNc1ccc(COC2CCCc3ccccc32)cn1. The van der Waals surface area contributed by atoms with Gasteiger partial charge in [0, 0.05) is 6.20 Å². The molecule has 1 heterocycles. The first kappa shape index (κ1) is 13.1. The maximum atomic E-state index is 6.08. The number of nitrogens with one attached hydrogen (secondary N) is 1. The van der Waals surface area contributed by atoms with Crippen molar-refractivity contribution >= 4 is 5.82 Å². The van der Waals surface area contributed by atoms with E-state index in [4.69, 9.17) is 10.6 Å². The van der Waals surface area contributed by atoms with E-state index in [9.17, 15) is 0 Å². The van der Waals surface area contributed by atoms with Crippen LogP contribution in [0.4, 0.5) is 5.82 Å². The topological polar surface area (TPSA) is 60.2 Å². The van der Waals surface area contributed by atoms with Gasteiger partial charge in [0.15, 0.2) is 0 Å². The van der Waals surface area contributed by atoms with E-state index in [-0.39, 0.29) is 6.10 Å². The van der Waals surface area contributed by atoms with Crippen molar-refractivity contribution in [3.8, 4) is 0 Å². The number of hydrazine groups is 1. The van der Waals surface area contributed by atoms with Gasteiger partial charge in [-0.25, -0.2) is 10.8 Å². The molecule has 1 aromatic heterocycles. The lowest BCUT2D eigenvalue weighted by Gasteiger charge is -2.25. The van der Waals surface area contributed by atoms with Crippen LogP contribution in [0.3, 0.4) is 0 Å². The zero-order chi connectivity index (χ0) is 13.8. The van der Waals surface area contributed by atoms with Gasteiger partial charge in [0.1, 0.15) is 5.82 Å². The summed E-state index contributed by atoms with van der Waals surface area (Å²) in [6, 6.07) is 12.4. The van der Waals surface area contributed by atoms with Crippen molar-refractivity contribution in [3.63, 3.8) is 0 Å². The number of fused-ring (bicyclic) bond motifs is 1. The van der Waals surface area contributed by atoms with Crippen LogP contribution in [0.5, 0.6) is 0 Å². The van der Waals surface area contributed by atoms with Crippen molar-refractivity contribution in [1.29, 1.82) is 0 Å². The zero-order valence-electron chi connectivity index (χ0n) is 11.4. The lowest BCUT2D eigenvalue weighted by atomic mass is 9.89. The molecule has 3 N–H and O–H groups in total. The maximum Gasteiger partial charge on any atom is 0.139 e. The number of hydrogen-bond acceptors (Lipinski definition) is 4. The zero-order valence-corrected chi connectivity index (χ0v) is 11.4. The number of anilines is 1. The average Bonchev–Trinajstić information content (AvgIpc) is 2.53. The molecular weight excluding hydrogens is 250 g/mol. The third-order valence-corrected chi connectivity index (χ3v) is 3.74. The van der Waals surface area contributed by atoms with Crippen molar-refractivity contribution < 1.29 is 4.74 Å². The van der Waals surface area contributed by atoms with Gasteiger partial charge in [0.05, 0.1) is 12.7 Å². The second-order valence-electron chi connectivity index (χ2n) is 5.09. The Bertz CT molecular complexity index is 568. The Balaban J connectivity index is 1.66. The number of ether oxygens (including phenoxy) is 1. The lowest BCUT2D eigenvalue weighted by Crippen LogP contribution is -2.13. The summed E-state index contributed by atoms with van der Waals surface area (Å²) in [6.07, 6.45) is 5.44. The normalized spacial score (nSPS) is 17.6. The minimum absolute atomic E-state index is 0.201. The van der Waals surface area contributed by atoms with Gasteiger partial charge < -0.3 is 10.2 Å². The van der Waals surface area contributed by atoms with Crippen LogP contribution in [0, 0.1) is 0 Å². The highest BCUT2D eigenvalue weighted by atomic mass is 16.5. The molecule has 1 aromatic carbocycles. The predicted octanol–water partition coefficient (Wildman–Crippen LogP) is 2.96. The maximum absolute atomic E-state index is 6.08. The Kier molecular flexibility index (Phi) is 3.95. The van der Waals surface area contributed by atoms with Gasteiger partial charge in [-0.3, -0.25) is 0 Å². The van der Waals surface area contributed by atoms with Crippen LogP contribution in [0.2, 0.25) is 0 Å². The van der Waals surface area contributed by atoms with Crippen LogP contribution < -0.4 is 11.3 Å². The molecule has 1 unspecified atom stereocenters. The third-order valence-electron chi connectivity index (χ3n) is 3.74.